The molecule has 1 amide bonds. The number of amides is 1. The smallest absolute Gasteiger partial charge is 0.274 e. The van der Waals surface area contributed by atoms with E-state index in [1.54, 1.807) is 13.0 Å². The summed E-state index contributed by atoms with van der Waals surface area (Å²) in [5.41, 5.74) is 0.310. The van der Waals surface area contributed by atoms with Crippen molar-refractivity contribution in [2.45, 2.75) is 37.8 Å². The minimum absolute atomic E-state index is 0.186. The average molecular weight is 354 g/mol. The lowest BCUT2D eigenvalue weighted by Crippen LogP contribution is -2.51. The van der Waals surface area contributed by atoms with Gasteiger partial charge in [0.2, 0.25) is 0 Å². The van der Waals surface area contributed by atoms with E-state index >= 15 is 0 Å². The Morgan fingerprint density at radius 2 is 2.00 bits per heavy atom. The van der Waals surface area contributed by atoms with E-state index in [0.29, 0.717) is 24.5 Å². The topological polar surface area (TPSA) is 114 Å². The van der Waals surface area contributed by atoms with Gasteiger partial charge in [-0.25, -0.2) is 0 Å². The summed E-state index contributed by atoms with van der Waals surface area (Å²) in [5.74, 6) is 0.660. The third-order valence-corrected chi connectivity index (χ3v) is 4.59. The number of aromatic nitrogens is 3. The molecule has 4 rings (SSSR count). The maximum atomic E-state index is 12.6. The first-order valence-electron chi connectivity index (χ1n) is 8.44. The fourth-order valence-corrected chi connectivity index (χ4v) is 2.92. The van der Waals surface area contributed by atoms with E-state index < -0.39 is 11.6 Å². The van der Waals surface area contributed by atoms with Crippen molar-refractivity contribution in [1.82, 2.24) is 20.6 Å². The number of nitrogens with zero attached hydrogens (tertiary/aromatic N) is 3. The average Bonchev–Trinajstić information content (AvgIpc) is 3.28. The highest BCUT2D eigenvalue weighted by Crippen LogP contribution is 2.41. The third-order valence-electron chi connectivity index (χ3n) is 4.59. The fourth-order valence-electron chi connectivity index (χ4n) is 2.92. The Labute approximate surface area is 149 Å². The number of hydrogen-bond acceptors (Lipinski definition) is 7. The van der Waals surface area contributed by atoms with Crippen LogP contribution < -0.4 is 5.32 Å². The van der Waals surface area contributed by atoms with E-state index in [0.717, 1.165) is 12.0 Å². The lowest BCUT2D eigenvalue weighted by atomic mass is 9.76. The molecule has 134 valence electrons. The van der Waals surface area contributed by atoms with Gasteiger partial charge in [-0.1, -0.05) is 40.6 Å². The zero-order valence-corrected chi connectivity index (χ0v) is 14.2. The van der Waals surface area contributed by atoms with Gasteiger partial charge >= 0.3 is 0 Å². The monoisotopic (exact) mass is 354 g/mol. The zero-order chi connectivity index (χ0) is 18.1. The molecule has 1 aliphatic rings. The molecular weight excluding hydrogens is 336 g/mol. The van der Waals surface area contributed by atoms with Crippen LogP contribution in [0.4, 0.5) is 0 Å². The number of aliphatic hydroxyl groups excluding tert-OH is 1. The number of aliphatic hydroxyl groups is 1. The Morgan fingerprint density at radius 1 is 1.23 bits per heavy atom. The van der Waals surface area contributed by atoms with Crippen molar-refractivity contribution in [2.75, 3.05) is 0 Å². The predicted octanol–water partition coefficient (Wildman–Crippen LogP) is 2.59. The predicted molar refractivity (Wildman–Crippen MR) is 89.9 cm³/mol. The zero-order valence-electron chi connectivity index (χ0n) is 14.2. The molecule has 0 spiro atoms. The molecule has 1 atom stereocenters. The summed E-state index contributed by atoms with van der Waals surface area (Å²) in [6, 6.07) is 11.0. The van der Waals surface area contributed by atoms with Gasteiger partial charge in [-0.2, -0.15) is 4.98 Å². The van der Waals surface area contributed by atoms with Crippen molar-refractivity contribution in [2.24, 2.45) is 0 Å². The highest BCUT2D eigenvalue weighted by atomic mass is 16.5. The first-order valence-corrected chi connectivity index (χ1v) is 8.44. The van der Waals surface area contributed by atoms with E-state index in [4.69, 9.17) is 9.05 Å². The molecular formula is C18H18N4O4. The van der Waals surface area contributed by atoms with Gasteiger partial charge in [-0.15, -0.1) is 0 Å². The van der Waals surface area contributed by atoms with Crippen molar-refractivity contribution >= 4 is 5.91 Å². The molecule has 2 heterocycles. The van der Waals surface area contributed by atoms with E-state index in [1.807, 2.05) is 30.3 Å². The fraction of sp³-hybridized carbons (Fsp3) is 0.333. The lowest BCUT2D eigenvalue weighted by molar-refractivity contribution is 0.0742. The van der Waals surface area contributed by atoms with Crippen LogP contribution in [-0.2, 0) is 5.54 Å². The summed E-state index contributed by atoms with van der Waals surface area (Å²) in [6.45, 7) is 1.56. The van der Waals surface area contributed by atoms with Crippen LogP contribution in [-0.4, -0.2) is 26.3 Å². The molecule has 0 saturated heterocycles. The largest absolute Gasteiger partial charge is 0.385 e. The van der Waals surface area contributed by atoms with Crippen molar-refractivity contribution in [3.05, 3.63) is 53.8 Å². The van der Waals surface area contributed by atoms with Gasteiger partial charge in [-0.3, -0.25) is 4.79 Å². The number of carbonyl (C=O) groups excluding carboxylic acids is 1. The van der Waals surface area contributed by atoms with E-state index in [-0.39, 0.29) is 17.4 Å². The molecule has 2 N–H and O–H groups in total. The highest BCUT2D eigenvalue weighted by Gasteiger charge is 2.45. The van der Waals surface area contributed by atoms with Gasteiger partial charge in [0.05, 0.1) is 0 Å². The first kappa shape index (κ1) is 16.5. The van der Waals surface area contributed by atoms with E-state index in [9.17, 15) is 9.90 Å². The number of benzene rings is 1. The Morgan fingerprint density at radius 3 is 2.62 bits per heavy atom. The van der Waals surface area contributed by atoms with Crippen LogP contribution >= 0.6 is 0 Å². The third kappa shape index (κ3) is 2.88. The van der Waals surface area contributed by atoms with Gasteiger partial charge in [0.15, 0.2) is 17.3 Å². The Kier molecular flexibility index (Phi) is 4.04. The molecule has 0 bridgehead atoms. The second-order valence-corrected chi connectivity index (χ2v) is 6.47. The summed E-state index contributed by atoms with van der Waals surface area (Å²) in [5, 5.41) is 20.1. The molecule has 0 aliphatic heterocycles. The minimum atomic E-state index is -0.829. The molecule has 0 radical (unpaired) electrons. The van der Waals surface area contributed by atoms with E-state index in [2.05, 4.69) is 20.6 Å². The van der Waals surface area contributed by atoms with Crippen LogP contribution in [0.5, 0.6) is 0 Å². The summed E-state index contributed by atoms with van der Waals surface area (Å²) < 4.78 is 10.5. The van der Waals surface area contributed by atoms with Crippen LogP contribution in [0.15, 0.2) is 45.4 Å². The van der Waals surface area contributed by atoms with Gasteiger partial charge in [0.1, 0.15) is 11.6 Å². The van der Waals surface area contributed by atoms with Crippen molar-refractivity contribution in [1.29, 1.82) is 0 Å². The second kappa shape index (κ2) is 6.38. The van der Waals surface area contributed by atoms with Gasteiger partial charge in [-0.05, 0) is 26.2 Å². The molecule has 1 saturated carbocycles. The maximum absolute atomic E-state index is 12.6. The lowest BCUT2D eigenvalue weighted by Gasteiger charge is -2.38. The molecule has 26 heavy (non-hydrogen) atoms. The minimum Gasteiger partial charge on any atom is -0.385 e. The van der Waals surface area contributed by atoms with Crippen LogP contribution in [0.2, 0.25) is 0 Å². The van der Waals surface area contributed by atoms with Crippen LogP contribution in [0.3, 0.4) is 0 Å². The number of hydrogen-bond donors (Lipinski definition) is 2. The molecule has 3 aromatic rings. The molecule has 8 heteroatoms. The van der Waals surface area contributed by atoms with Crippen LogP contribution in [0, 0.1) is 0 Å². The standard InChI is InChI=1S/C18H18N4O4/c1-11(23)15-19-17(26-22-15)18(8-5-9-18)20-16(24)13-10-14(25-21-13)12-6-3-2-4-7-12/h2-4,6-7,10-11,23H,5,8-9H2,1H3,(H,20,24). The molecule has 1 aromatic carbocycles. The number of carbonyl (C=O) groups is 1. The maximum Gasteiger partial charge on any atom is 0.274 e. The van der Waals surface area contributed by atoms with Crippen LogP contribution in [0.25, 0.3) is 11.3 Å². The Balaban J connectivity index is 1.54. The molecule has 1 unspecified atom stereocenters. The molecule has 8 nitrogen and oxygen atoms in total. The van der Waals surface area contributed by atoms with Crippen LogP contribution in [0.1, 0.15) is 54.5 Å². The number of nitrogens with one attached hydrogen (secondary N) is 1. The van der Waals surface area contributed by atoms with Gasteiger partial charge in [0, 0.05) is 11.6 Å². The molecule has 2 aromatic heterocycles. The number of rotatable bonds is 5. The summed E-state index contributed by atoms with van der Waals surface area (Å²) in [7, 11) is 0. The summed E-state index contributed by atoms with van der Waals surface area (Å²) >= 11 is 0. The Hall–Kier alpha value is -3.00. The molecule has 1 aliphatic carbocycles. The second-order valence-electron chi connectivity index (χ2n) is 6.47. The van der Waals surface area contributed by atoms with Crippen molar-refractivity contribution < 1.29 is 18.9 Å². The van der Waals surface area contributed by atoms with Gasteiger partial charge in [0.25, 0.3) is 11.8 Å². The van der Waals surface area contributed by atoms with Crippen molar-refractivity contribution in [3.8, 4) is 11.3 Å². The SMILES string of the molecule is CC(O)c1noc(C2(NC(=O)c3cc(-c4ccccc4)on3)CCC2)n1. The Bertz CT molecular complexity index is 912. The summed E-state index contributed by atoms with van der Waals surface area (Å²) in [6.07, 6.45) is 1.47. The quantitative estimate of drug-likeness (QED) is 0.723. The summed E-state index contributed by atoms with van der Waals surface area (Å²) in [4.78, 5) is 16.9. The molecule has 1 fully saturated rings. The van der Waals surface area contributed by atoms with E-state index in [1.165, 1.54) is 0 Å². The first-order chi connectivity index (χ1) is 12.6. The normalized spacial score (nSPS) is 16.7. The van der Waals surface area contributed by atoms with Gasteiger partial charge < -0.3 is 19.5 Å². The highest BCUT2D eigenvalue weighted by molar-refractivity contribution is 5.93. The van der Waals surface area contributed by atoms with Crippen molar-refractivity contribution in [3.63, 3.8) is 0 Å².